The van der Waals surface area contributed by atoms with E-state index in [1.165, 1.54) is 96.3 Å². The Kier molecular flexibility index (Phi) is 38.9. The molecule has 0 amide bonds. The number of carboxylic acid groups (broad SMARTS) is 1. The zero-order chi connectivity index (χ0) is 42.8. The quantitative estimate of drug-likeness (QED) is 0.0231. The Morgan fingerprint density at radius 2 is 1.00 bits per heavy atom. The second-order valence-electron chi connectivity index (χ2n) is 14.8. The lowest BCUT2D eigenvalue weighted by Crippen LogP contribution is -2.34. The van der Waals surface area contributed by atoms with Crippen LogP contribution in [0.25, 0.3) is 0 Å². The lowest BCUT2D eigenvalue weighted by molar-refractivity contribution is -0.161. The third-order valence-corrected chi connectivity index (χ3v) is 10.2. The fourth-order valence-electron chi connectivity index (χ4n) is 5.78. The number of allylic oxidation sites excluding steroid dienone is 10. The largest absolute Gasteiger partial charge is 0.480 e. The Labute approximate surface area is 351 Å². The van der Waals surface area contributed by atoms with Crippen molar-refractivity contribution in [3.8, 4) is 0 Å². The summed E-state index contributed by atoms with van der Waals surface area (Å²) in [6, 6.07) is -1.53. The van der Waals surface area contributed by atoms with Crippen LogP contribution in [0, 0.1) is 0 Å². The van der Waals surface area contributed by atoms with Crippen molar-refractivity contribution in [1.82, 2.24) is 0 Å². The molecular weight excluding hydrogens is 757 g/mol. The van der Waals surface area contributed by atoms with Gasteiger partial charge in [-0.3, -0.25) is 23.4 Å². The van der Waals surface area contributed by atoms with E-state index in [-0.39, 0.29) is 19.4 Å². The number of phosphoric ester groups is 1. The minimum absolute atomic E-state index is 0.0379. The number of nitrogens with two attached hydrogens (primary N) is 1. The maximum atomic E-state index is 12.6. The topological polar surface area (TPSA) is 172 Å². The molecule has 0 radical (unpaired) electrons. The summed E-state index contributed by atoms with van der Waals surface area (Å²) in [5, 5.41) is 8.88. The molecule has 58 heavy (non-hydrogen) atoms. The van der Waals surface area contributed by atoms with Gasteiger partial charge >= 0.3 is 25.7 Å². The van der Waals surface area contributed by atoms with Crippen LogP contribution in [0.3, 0.4) is 0 Å². The molecule has 0 heterocycles. The zero-order valence-corrected chi connectivity index (χ0v) is 37.0. The van der Waals surface area contributed by atoms with E-state index in [4.69, 9.17) is 24.8 Å². The summed E-state index contributed by atoms with van der Waals surface area (Å²) in [6.45, 7) is 2.61. The maximum absolute atomic E-state index is 12.6. The van der Waals surface area contributed by atoms with E-state index in [1.54, 1.807) is 0 Å². The minimum Gasteiger partial charge on any atom is -0.480 e. The number of unbranched alkanes of at least 4 members (excludes halogenated alkanes) is 17. The Morgan fingerprint density at radius 3 is 1.52 bits per heavy atom. The van der Waals surface area contributed by atoms with Crippen molar-refractivity contribution < 1.29 is 47.5 Å². The van der Waals surface area contributed by atoms with Gasteiger partial charge in [-0.15, -0.1) is 0 Å². The predicted octanol–water partition coefficient (Wildman–Crippen LogP) is 12.0. The average molecular weight is 838 g/mol. The molecule has 0 aromatic heterocycles. The van der Waals surface area contributed by atoms with Crippen molar-refractivity contribution in [3.05, 3.63) is 60.8 Å². The van der Waals surface area contributed by atoms with Crippen LogP contribution in [0.2, 0.25) is 0 Å². The molecule has 0 aliphatic carbocycles. The highest BCUT2D eigenvalue weighted by Gasteiger charge is 2.28. The van der Waals surface area contributed by atoms with Crippen molar-refractivity contribution in [3.63, 3.8) is 0 Å². The van der Waals surface area contributed by atoms with Gasteiger partial charge in [-0.25, -0.2) is 4.57 Å². The number of phosphoric acid groups is 1. The van der Waals surface area contributed by atoms with Gasteiger partial charge in [0.15, 0.2) is 6.10 Å². The molecule has 11 nitrogen and oxygen atoms in total. The highest BCUT2D eigenvalue weighted by atomic mass is 31.2. The third-order valence-electron chi connectivity index (χ3n) is 9.26. The Bertz CT molecular complexity index is 1210. The van der Waals surface area contributed by atoms with Crippen molar-refractivity contribution in [2.24, 2.45) is 5.73 Å². The molecule has 3 atom stereocenters. The lowest BCUT2D eigenvalue weighted by atomic mass is 10.1. The Morgan fingerprint density at radius 1 is 0.552 bits per heavy atom. The van der Waals surface area contributed by atoms with Crippen LogP contribution in [-0.2, 0) is 37.5 Å². The van der Waals surface area contributed by atoms with Crippen molar-refractivity contribution >= 4 is 25.7 Å². The molecule has 0 aromatic rings. The van der Waals surface area contributed by atoms with E-state index in [0.717, 1.165) is 44.9 Å². The first-order valence-corrected chi connectivity index (χ1v) is 23.8. The molecule has 0 bridgehead atoms. The van der Waals surface area contributed by atoms with Crippen LogP contribution in [0.5, 0.6) is 0 Å². The van der Waals surface area contributed by atoms with Crippen molar-refractivity contribution in [2.45, 2.75) is 193 Å². The van der Waals surface area contributed by atoms with Gasteiger partial charge in [0.05, 0.1) is 13.2 Å². The highest BCUT2D eigenvalue weighted by molar-refractivity contribution is 7.47. The first-order chi connectivity index (χ1) is 28.1. The molecule has 0 fully saturated rings. The van der Waals surface area contributed by atoms with Crippen LogP contribution in [0.1, 0.15) is 181 Å². The van der Waals surface area contributed by atoms with Gasteiger partial charge in [-0.2, -0.15) is 0 Å². The first kappa shape index (κ1) is 55.2. The van der Waals surface area contributed by atoms with E-state index in [2.05, 4.69) is 60.9 Å². The fourth-order valence-corrected chi connectivity index (χ4v) is 6.56. The number of aliphatic carboxylic acids is 1. The number of rotatable bonds is 41. The Balaban J connectivity index is 4.35. The van der Waals surface area contributed by atoms with Crippen LogP contribution in [0.4, 0.5) is 0 Å². The van der Waals surface area contributed by atoms with Crippen molar-refractivity contribution in [1.29, 1.82) is 0 Å². The summed E-state index contributed by atoms with van der Waals surface area (Å²) in [7, 11) is -4.74. The Hall–Kier alpha value is -2.82. The van der Waals surface area contributed by atoms with Gasteiger partial charge in [-0.05, 0) is 64.2 Å². The number of hydrogen-bond donors (Lipinski definition) is 3. The smallest absolute Gasteiger partial charge is 0.472 e. The number of hydrogen-bond acceptors (Lipinski definition) is 9. The van der Waals surface area contributed by atoms with Crippen LogP contribution in [0.15, 0.2) is 60.8 Å². The molecular formula is C46H80NO10P. The van der Waals surface area contributed by atoms with Gasteiger partial charge in [0.25, 0.3) is 0 Å². The molecule has 12 heteroatoms. The molecule has 0 spiro atoms. The molecule has 3 unspecified atom stereocenters. The van der Waals surface area contributed by atoms with E-state index in [9.17, 15) is 23.8 Å². The zero-order valence-electron chi connectivity index (χ0n) is 36.1. The predicted molar refractivity (Wildman–Crippen MR) is 235 cm³/mol. The molecule has 0 aliphatic rings. The van der Waals surface area contributed by atoms with Gasteiger partial charge < -0.3 is 25.2 Å². The van der Waals surface area contributed by atoms with E-state index < -0.39 is 51.1 Å². The van der Waals surface area contributed by atoms with Crippen LogP contribution >= 0.6 is 7.82 Å². The molecule has 0 saturated carbocycles. The fraction of sp³-hybridized carbons (Fsp3) is 0.717. The number of carbonyl (C=O) groups is 3. The lowest BCUT2D eigenvalue weighted by Gasteiger charge is -2.20. The highest BCUT2D eigenvalue weighted by Crippen LogP contribution is 2.43. The molecule has 4 N–H and O–H groups in total. The summed E-state index contributed by atoms with van der Waals surface area (Å²) in [5.41, 5.74) is 5.32. The number of carbonyl (C=O) groups excluding carboxylic acids is 2. The average Bonchev–Trinajstić information content (AvgIpc) is 3.20. The van der Waals surface area contributed by atoms with Crippen molar-refractivity contribution in [2.75, 3.05) is 19.8 Å². The standard InChI is InChI=1S/C46H80NO10P/c1-3-5-7-9-11-13-15-17-18-19-20-21-22-23-24-26-27-29-31-33-35-37-44(48)54-39-42(40-55-58(52,53)56-41-43(47)46(50)51)57-45(49)38-36-34-32-30-28-25-16-14-12-10-8-6-4-2/h6,8,12,14,19-20,25,28,32,34,42-43H,3-5,7,9-11,13,15-18,21-24,26-27,29-31,33,35-41,47H2,1-2H3,(H,50,51)(H,52,53)/b8-6-,14-12-,20-19-,28-25-,34-32-. The number of esters is 2. The summed E-state index contributed by atoms with van der Waals surface area (Å²) in [4.78, 5) is 45.9. The number of carboxylic acids is 1. The molecule has 334 valence electrons. The minimum atomic E-state index is -4.74. The molecule has 0 rings (SSSR count). The summed E-state index contributed by atoms with van der Waals surface area (Å²) in [6.07, 6.45) is 47.4. The van der Waals surface area contributed by atoms with Crippen LogP contribution < -0.4 is 5.73 Å². The van der Waals surface area contributed by atoms with Crippen LogP contribution in [-0.4, -0.2) is 59.9 Å². The van der Waals surface area contributed by atoms with Gasteiger partial charge in [0.1, 0.15) is 12.6 Å². The monoisotopic (exact) mass is 838 g/mol. The molecule has 0 saturated heterocycles. The second-order valence-corrected chi connectivity index (χ2v) is 16.2. The third kappa shape index (κ3) is 40.0. The molecule has 0 aromatic carbocycles. The summed E-state index contributed by atoms with van der Waals surface area (Å²) >= 11 is 0. The first-order valence-electron chi connectivity index (χ1n) is 22.3. The van der Waals surface area contributed by atoms with Gasteiger partial charge in [0, 0.05) is 12.8 Å². The molecule has 0 aliphatic heterocycles. The summed E-state index contributed by atoms with van der Waals surface area (Å²) < 4.78 is 32.6. The van der Waals surface area contributed by atoms with E-state index >= 15 is 0 Å². The summed E-state index contributed by atoms with van der Waals surface area (Å²) in [5.74, 6) is -2.49. The maximum Gasteiger partial charge on any atom is 0.472 e. The van der Waals surface area contributed by atoms with E-state index in [1.807, 2.05) is 18.2 Å². The number of ether oxygens (including phenoxy) is 2. The van der Waals surface area contributed by atoms with E-state index in [0.29, 0.717) is 12.8 Å². The van der Waals surface area contributed by atoms with Gasteiger partial charge in [-0.1, -0.05) is 164 Å². The van der Waals surface area contributed by atoms with Gasteiger partial charge in [0.2, 0.25) is 0 Å². The normalized spacial score (nSPS) is 14.3. The SMILES string of the molecule is CC/C=C\C/C=C\C/C=C\C/C=C\CCC(=O)OC(COC(=O)CCCCCCCCCCC/C=C\CCCCCCCCCC)COP(=O)(O)OCC(N)C(=O)O. The second kappa shape index (κ2) is 40.9.